The first-order valence-electron chi connectivity index (χ1n) is 6.75. The average molecular weight is 346 g/mol. The van der Waals surface area contributed by atoms with E-state index < -0.39 is 24.9 Å². The van der Waals surface area contributed by atoms with E-state index in [9.17, 15) is 13.6 Å². The van der Waals surface area contributed by atoms with Gasteiger partial charge in [0.15, 0.2) is 0 Å². The number of rotatable bonds is 4. The predicted molar refractivity (Wildman–Crippen MR) is 83.7 cm³/mol. The van der Waals surface area contributed by atoms with E-state index in [1.807, 2.05) is 6.08 Å². The molecule has 2 aliphatic rings. The zero-order chi connectivity index (χ0) is 13.9. The van der Waals surface area contributed by atoms with E-state index in [4.69, 9.17) is 0 Å². The van der Waals surface area contributed by atoms with Crippen molar-refractivity contribution in [1.29, 1.82) is 0 Å². The van der Waals surface area contributed by atoms with Crippen LogP contribution in [0.3, 0.4) is 0 Å². The van der Waals surface area contributed by atoms with Crippen LogP contribution in [0.25, 0.3) is 0 Å². The van der Waals surface area contributed by atoms with Gasteiger partial charge in [-0.2, -0.15) is 0 Å². The van der Waals surface area contributed by atoms with Crippen LogP contribution in [0.4, 0.5) is 8.78 Å². The van der Waals surface area contributed by atoms with E-state index in [0.717, 1.165) is 32.5 Å². The summed E-state index contributed by atoms with van der Waals surface area (Å²) in [6.07, 6.45) is 3.20. The standard InChI is InChI=1S/C13H21F2N3O.2ClH/c1-2-5-18-6-3-10(4-7-18)17-12(19)11-8-13(14,15)9-16-11;;/h2,10-11,16H,1,3-9H2,(H,17,19);2*1H. The van der Waals surface area contributed by atoms with Gasteiger partial charge < -0.3 is 5.32 Å². The molecule has 2 N–H and O–H groups in total. The van der Waals surface area contributed by atoms with Gasteiger partial charge in [-0.25, -0.2) is 8.78 Å². The molecule has 2 saturated heterocycles. The lowest BCUT2D eigenvalue weighted by Gasteiger charge is -2.32. The minimum Gasteiger partial charge on any atom is -0.352 e. The van der Waals surface area contributed by atoms with Crippen molar-refractivity contribution in [2.24, 2.45) is 0 Å². The number of likely N-dealkylation sites (tertiary alicyclic amines) is 1. The summed E-state index contributed by atoms with van der Waals surface area (Å²) in [6, 6.07) is -0.647. The molecule has 0 aromatic rings. The topological polar surface area (TPSA) is 44.4 Å². The Kier molecular flexibility index (Phi) is 8.70. The summed E-state index contributed by atoms with van der Waals surface area (Å²) in [4.78, 5) is 14.1. The van der Waals surface area contributed by atoms with Gasteiger partial charge in [0, 0.05) is 32.1 Å². The number of carbonyl (C=O) groups excluding carboxylic acids is 1. The maximum atomic E-state index is 13.0. The second-order valence-corrected chi connectivity index (χ2v) is 5.37. The third-order valence-electron chi connectivity index (χ3n) is 3.75. The van der Waals surface area contributed by atoms with E-state index in [-0.39, 0.29) is 36.8 Å². The SMILES string of the molecule is C=CCN1CCC(NC(=O)C2CC(F)(F)CN2)CC1.Cl.Cl. The third-order valence-corrected chi connectivity index (χ3v) is 3.75. The zero-order valence-electron chi connectivity index (χ0n) is 11.8. The van der Waals surface area contributed by atoms with Crippen molar-refractivity contribution in [1.82, 2.24) is 15.5 Å². The number of halogens is 4. The Morgan fingerprint density at radius 1 is 1.38 bits per heavy atom. The van der Waals surface area contributed by atoms with Gasteiger partial charge >= 0.3 is 0 Å². The molecule has 2 heterocycles. The summed E-state index contributed by atoms with van der Waals surface area (Å²) in [7, 11) is 0. The molecule has 2 aliphatic heterocycles. The minimum absolute atomic E-state index is 0. The molecule has 0 radical (unpaired) electrons. The minimum atomic E-state index is -2.75. The van der Waals surface area contributed by atoms with E-state index in [0.29, 0.717) is 0 Å². The molecule has 8 heteroatoms. The van der Waals surface area contributed by atoms with Crippen molar-refractivity contribution in [2.45, 2.75) is 37.3 Å². The van der Waals surface area contributed by atoms with Crippen LogP contribution in [0.1, 0.15) is 19.3 Å². The number of nitrogens with zero attached hydrogens (tertiary/aromatic N) is 1. The smallest absolute Gasteiger partial charge is 0.262 e. The van der Waals surface area contributed by atoms with Gasteiger partial charge in [0.2, 0.25) is 5.91 Å². The average Bonchev–Trinajstić information content (AvgIpc) is 2.73. The van der Waals surface area contributed by atoms with Crippen LogP contribution in [0.2, 0.25) is 0 Å². The molecule has 0 spiro atoms. The first-order chi connectivity index (χ1) is 9.00. The highest BCUT2D eigenvalue weighted by molar-refractivity contribution is 5.85. The molecule has 2 rings (SSSR count). The van der Waals surface area contributed by atoms with Crippen molar-refractivity contribution >= 4 is 30.7 Å². The van der Waals surface area contributed by atoms with Gasteiger partial charge in [0.25, 0.3) is 5.92 Å². The lowest BCUT2D eigenvalue weighted by Crippen LogP contribution is -2.49. The largest absolute Gasteiger partial charge is 0.352 e. The van der Waals surface area contributed by atoms with Gasteiger partial charge in [-0.05, 0) is 12.8 Å². The molecular formula is C13H23Cl2F2N3O. The van der Waals surface area contributed by atoms with E-state index in [2.05, 4.69) is 22.1 Å². The maximum Gasteiger partial charge on any atom is 0.262 e. The predicted octanol–water partition coefficient (Wildman–Crippen LogP) is 1.59. The van der Waals surface area contributed by atoms with Crippen LogP contribution in [0.5, 0.6) is 0 Å². The Bertz CT molecular complexity index is 350. The Labute approximate surface area is 136 Å². The fraction of sp³-hybridized carbons (Fsp3) is 0.769. The lowest BCUT2D eigenvalue weighted by molar-refractivity contribution is -0.124. The Hall–Kier alpha value is -0.430. The molecule has 1 amide bonds. The normalized spacial score (nSPS) is 25.5. The Morgan fingerprint density at radius 3 is 2.48 bits per heavy atom. The first-order valence-corrected chi connectivity index (χ1v) is 6.75. The van der Waals surface area contributed by atoms with Crippen molar-refractivity contribution < 1.29 is 13.6 Å². The molecule has 0 bridgehead atoms. The van der Waals surface area contributed by atoms with E-state index >= 15 is 0 Å². The van der Waals surface area contributed by atoms with Gasteiger partial charge in [-0.1, -0.05) is 6.08 Å². The van der Waals surface area contributed by atoms with Crippen molar-refractivity contribution in [3.05, 3.63) is 12.7 Å². The highest BCUT2D eigenvalue weighted by Crippen LogP contribution is 2.25. The molecule has 4 nitrogen and oxygen atoms in total. The summed E-state index contributed by atoms with van der Waals surface area (Å²) in [5.74, 6) is -3.05. The molecule has 2 fully saturated rings. The summed E-state index contributed by atoms with van der Waals surface area (Å²) in [5.41, 5.74) is 0. The number of hydrogen-bond donors (Lipinski definition) is 2. The molecular weight excluding hydrogens is 323 g/mol. The van der Waals surface area contributed by atoms with E-state index in [1.165, 1.54) is 0 Å². The second kappa shape index (κ2) is 8.88. The number of nitrogens with one attached hydrogen (secondary N) is 2. The van der Waals surface area contributed by atoms with Gasteiger partial charge in [-0.15, -0.1) is 31.4 Å². The van der Waals surface area contributed by atoms with Gasteiger partial charge in [0.05, 0.1) is 12.6 Å². The quantitative estimate of drug-likeness (QED) is 0.760. The van der Waals surface area contributed by atoms with Crippen LogP contribution in [-0.2, 0) is 4.79 Å². The molecule has 21 heavy (non-hydrogen) atoms. The van der Waals surface area contributed by atoms with Crippen molar-refractivity contribution in [3.63, 3.8) is 0 Å². The molecule has 1 unspecified atom stereocenters. The Morgan fingerprint density at radius 2 is 2.00 bits per heavy atom. The number of carbonyl (C=O) groups is 1. The first kappa shape index (κ1) is 20.6. The summed E-state index contributed by atoms with van der Waals surface area (Å²) >= 11 is 0. The highest BCUT2D eigenvalue weighted by Gasteiger charge is 2.42. The molecule has 0 aliphatic carbocycles. The number of amides is 1. The van der Waals surface area contributed by atoms with Crippen LogP contribution >= 0.6 is 24.8 Å². The molecule has 0 saturated carbocycles. The lowest BCUT2D eigenvalue weighted by atomic mass is 10.0. The van der Waals surface area contributed by atoms with Crippen LogP contribution in [0, 0.1) is 0 Å². The molecule has 0 aromatic heterocycles. The van der Waals surface area contributed by atoms with Crippen molar-refractivity contribution in [3.8, 4) is 0 Å². The van der Waals surface area contributed by atoms with Crippen LogP contribution in [-0.4, -0.2) is 55.0 Å². The molecule has 1 atom stereocenters. The van der Waals surface area contributed by atoms with Crippen LogP contribution < -0.4 is 10.6 Å². The monoisotopic (exact) mass is 345 g/mol. The molecule has 124 valence electrons. The highest BCUT2D eigenvalue weighted by atomic mass is 35.5. The fourth-order valence-corrected chi connectivity index (χ4v) is 2.65. The Balaban J connectivity index is 0.00000200. The summed E-state index contributed by atoms with van der Waals surface area (Å²) in [5, 5.41) is 5.45. The number of hydrogen-bond acceptors (Lipinski definition) is 3. The van der Waals surface area contributed by atoms with Crippen LogP contribution in [0.15, 0.2) is 12.7 Å². The zero-order valence-corrected chi connectivity index (χ0v) is 13.4. The van der Waals surface area contributed by atoms with E-state index in [1.54, 1.807) is 0 Å². The van der Waals surface area contributed by atoms with Crippen molar-refractivity contribution in [2.75, 3.05) is 26.2 Å². The number of piperidine rings is 1. The fourth-order valence-electron chi connectivity index (χ4n) is 2.65. The third kappa shape index (κ3) is 6.06. The number of alkyl halides is 2. The maximum absolute atomic E-state index is 13.0. The van der Waals surface area contributed by atoms with Gasteiger partial charge in [0.1, 0.15) is 0 Å². The summed E-state index contributed by atoms with van der Waals surface area (Å²) < 4.78 is 26.0. The van der Waals surface area contributed by atoms with Gasteiger partial charge in [-0.3, -0.25) is 15.0 Å². The molecule has 0 aromatic carbocycles. The second-order valence-electron chi connectivity index (χ2n) is 5.37. The summed E-state index contributed by atoms with van der Waals surface area (Å²) in [6.45, 7) is 5.97.